The number of benzene rings is 2. The van der Waals surface area contributed by atoms with Crippen molar-refractivity contribution in [2.75, 3.05) is 23.9 Å². The zero-order chi connectivity index (χ0) is 24.0. The molecule has 5 rings (SSSR count). The quantitative estimate of drug-likeness (QED) is 0.601. The minimum atomic E-state index is -3.31. The minimum Gasteiger partial charge on any atom is -0.495 e. The van der Waals surface area contributed by atoms with Crippen LogP contribution < -0.4 is 15.0 Å². The van der Waals surface area contributed by atoms with Crippen LogP contribution in [0.4, 0.5) is 11.5 Å². The van der Waals surface area contributed by atoms with Gasteiger partial charge in [0.15, 0.2) is 9.84 Å². The average Bonchev–Trinajstić information content (AvgIpc) is 3.44. The van der Waals surface area contributed by atoms with E-state index in [0.717, 1.165) is 11.3 Å². The fraction of sp³-hybridized carbons (Fsp3) is 0.292. The van der Waals surface area contributed by atoms with Gasteiger partial charge in [-0.15, -0.1) is 0 Å². The molecule has 1 saturated heterocycles. The van der Waals surface area contributed by atoms with Gasteiger partial charge in [0.05, 0.1) is 41.6 Å². The molecule has 1 N–H and O–H groups in total. The summed E-state index contributed by atoms with van der Waals surface area (Å²) >= 11 is 0. The molecule has 2 aliphatic rings. The number of hydrogen-bond acceptors (Lipinski definition) is 6. The Kier molecular flexibility index (Phi) is 5.40. The zero-order valence-corrected chi connectivity index (χ0v) is 19.6. The van der Waals surface area contributed by atoms with Crippen molar-refractivity contribution in [2.45, 2.75) is 24.9 Å². The van der Waals surface area contributed by atoms with Crippen molar-refractivity contribution in [3.63, 3.8) is 0 Å². The van der Waals surface area contributed by atoms with E-state index in [1.165, 1.54) is 7.11 Å². The Hall–Kier alpha value is -3.66. The highest BCUT2D eigenvalue weighted by molar-refractivity contribution is 7.90. The number of ether oxygens (including phenoxy) is 1. The van der Waals surface area contributed by atoms with E-state index in [4.69, 9.17) is 4.74 Å². The predicted molar refractivity (Wildman–Crippen MR) is 127 cm³/mol. The standard InChI is InChI=1S/C24H24N4O5S/c1-15-7-3-4-8-19(15)28-23(17-13-34(31,32)14-18(17)26-28)25-24(30)16-11-22(29)27(12-16)20-9-5-6-10-21(20)33-2/h3-10,16H,11-14H2,1-2H3,(H,25,30). The first-order valence-electron chi connectivity index (χ1n) is 10.9. The van der Waals surface area contributed by atoms with E-state index in [0.29, 0.717) is 28.5 Å². The third-order valence-corrected chi connectivity index (χ3v) is 7.69. The van der Waals surface area contributed by atoms with Gasteiger partial charge < -0.3 is 15.0 Å². The van der Waals surface area contributed by atoms with Crippen LogP contribution in [0.15, 0.2) is 48.5 Å². The highest BCUT2D eigenvalue weighted by Crippen LogP contribution is 2.36. The van der Waals surface area contributed by atoms with Crippen LogP contribution in [-0.4, -0.2) is 43.7 Å². The molecule has 2 aromatic carbocycles. The van der Waals surface area contributed by atoms with Crippen LogP contribution in [-0.2, 0) is 30.9 Å². The number of aromatic nitrogens is 2. The lowest BCUT2D eigenvalue weighted by molar-refractivity contribution is -0.122. The summed E-state index contributed by atoms with van der Waals surface area (Å²) in [4.78, 5) is 27.6. The summed E-state index contributed by atoms with van der Waals surface area (Å²) in [7, 11) is -1.78. The number of amides is 2. The van der Waals surface area contributed by atoms with Gasteiger partial charge in [-0.05, 0) is 30.7 Å². The molecule has 0 aliphatic carbocycles. The zero-order valence-electron chi connectivity index (χ0n) is 18.8. The second kappa shape index (κ2) is 8.28. The largest absolute Gasteiger partial charge is 0.495 e. The first-order chi connectivity index (χ1) is 16.3. The van der Waals surface area contributed by atoms with E-state index < -0.39 is 15.8 Å². The minimum absolute atomic E-state index is 0.0445. The Bertz CT molecular complexity index is 1410. The van der Waals surface area contributed by atoms with Crippen molar-refractivity contribution in [1.82, 2.24) is 9.78 Å². The lowest BCUT2D eigenvalue weighted by Crippen LogP contribution is -2.29. The SMILES string of the molecule is COc1ccccc1N1CC(C(=O)Nc2c3c(nn2-c2ccccc2C)CS(=O)(=O)C3)CC1=O. The molecule has 10 heteroatoms. The Morgan fingerprint density at radius 3 is 2.53 bits per heavy atom. The molecule has 3 aromatic rings. The topological polar surface area (TPSA) is 111 Å². The van der Waals surface area contributed by atoms with Gasteiger partial charge in [-0.2, -0.15) is 5.10 Å². The van der Waals surface area contributed by atoms with E-state index in [1.54, 1.807) is 21.7 Å². The number of methoxy groups -OCH3 is 1. The highest BCUT2D eigenvalue weighted by atomic mass is 32.2. The molecule has 1 fully saturated rings. The molecule has 2 aliphatic heterocycles. The number of fused-ring (bicyclic) bond motifs is 1. The lowest BCUT2D eigenvalue weighted by Gasteiger charge is -2.19. The second-order valence-corrected chi connectivity index (χ2v) is 10.6. The first-order valence-corrected chi connectivity index (χ1v) is 12.7. The van der Waals surface area contributed by atoms with Gasteiger partial charge >= 0.3 is 0 Å². The van der Waals surface area contributed by atoms with Crippen molar-refractivity contribution < 1.29 is 22.7 Å². The second-order valence-electron chi connectivity index (χ2n) is 8.57. The summed E-state index contributed by atoms with van der Waals surface area (Å²) in [6, 6.07) is 14.7. The first kappa shape index (κ1) is 22.1. The molecule has 9 nitrogen and oxygen atoms in total. The van der Waals surface area contributed by atoms with E-state index in [9.17, 15) is 18.0 Å². The number of nitrogens with zero attached hydrogens (tertiary/aromatic N) is 3. The Morgan fingerprint density at radius 1 is 1.09 bits per heavy atom. The summed E-state index contributed by atoms with van der Waals surface area (Å²) in [5.74, 6) is -0.575. The van der Waals surface area contributed by atoms with Gasteiger partial charge in [-0.1, -0.05) is 30.3 Å². The molecular weight excluding hydrogens is 456 g/mol. The van der Waals surface area contributed by atoms with Crippen molar-refractivity contribution in [2.24, 2.45) is 5.92 Å². The van der Waals surface area contributed by atoms with E-state index >= 15 is 0 Å². The van der Waals surface area contributed by atoms with E-state index in [-0.39, 0.29) is 36.3 Å². The van der Waals surface area contributed by atoms with Crippen LogP contribution in [0.2, 0.25) is 0 Å². The maximum atomic E-state index is 13.3. The fourth-order valence-electron chi connectivity index (χ4n) is 4.53. The van der Waals surface area contributed by atoms with Crippen LogP contribution in [0.3, 0.4) is 0 Å². The Balaban J connectivity index is 1.45. The van der Waals surface area contributed by atoms with Gasteiger partial charge in [-0.3, -0.25) is 9.59 Å². The normalized spacial score (nSPS) is 18.7. The number of carbonyl (C=O) groups excluding carboxylic acids is 2. The fourth-order valence-corrected chi connectivity index (χ4v) is 6.03. The molecule has 0 radical (unpaired) electrons. The lowest BCUT2D eigenvalue weighted by atomic mass is 10.1. The molecule has 2 amide bonds. The molecular formula is C24H24N4O5S. The maximum Gasteiger partial charge on any atom is 0.230 e. The van der Waals surface area contributed by atoms with Gasteiger partial charge in [0.1, 0.15) is 11.6 Å². The van der Waals surface area contributed by atoms with Crippen LogP contribution in [0, 0.1) is 12.8 Å². The van der Waals surface area contributed by atoms with Crippen LogP contribution >= 0.6 is 0 Å². The van der Waals surface area contributed by atoms with Crippen molar-refractivity contribution in [3.05, 3.63) is 65.4 Å². The number of aryl methyl sites for hydroxylation is 1. The molecule has 1 aromatic heterocycles. The number of anilines is 2. The van der Waals surface area contributed by atoms with Crippen molar-refractivity contribution in [1.29, 1.82) is 0 Å². The summed E-state index contributed by atoms with van der Waals surface area (Å²) in [5.41, 5.74) is 3.24. The maximum absolute atomic E-state index is 13.3. The monoisotopic (exact) mass is 480 g/mol. The molecule has 0 saturated carbocycles. The highest BCUT2D eigenvalue weighted by Gasteiger charge is 2.38. The van der Waals surface area contributed by atoms with Crippen LogP contribution in [0.25, 0.3) is 5.69 Å². The molecule has 0 spiro atoms. The van der Waals surface area contributed by atoms with Gasteiger partial charge in [0, 0.05) is 18.5 Å². The van der Waals surface area contributed by atoms with Crippen LogP contribution in [0.1, 0.15) is 23.2 Å². The Labute approximate surface area is 197 Å². The molecule has 0 bridgehead atoms. The number of carbonyl (C=O) groups is 2. The summed E-state index contributed by atoms with van der Waals surface area (Å²) in [6.07, 6.45) is 0.0445. The van der Waals surface area contributed by atoms with E-state index in [2.05, 4.69) is 10.4 Å². The van der Waals surface area contributed by atoms with Gasteiger partial charge in [0.25, 0.3) is 0 Å². The predicted octanol–water partition coefficient (Wildman–Crippen LogP) is 2.61. The molecule has 1 unspecified atom stereocenters. The molecule has 3 heterocycles. The number of sulfone groups is 1. The molecule has 176 valence electrons. The van der Waals surface area contributed by atoms with Gasteiger partial charge in [-0.25, -0.2) is 13.1 Å². The summed E-state index contributed by atoms with van der Waals surface area (Å²) < 4.78 is 31.4. The Morgan fingerprint density at radius 2 is 1.79 bits per heavy atom. The summed E-state index contributed by atoms with van der Waals surface area (Å²) in [6.45, 7) is 2.12. The van der Waals surface area contributed by atoms with Crippen molar-refractivity contribution >= 4 is 33.2 Å². The van der Waals surface area contributed by atoms with Crippen LogP contribution in [0.5, 0.6) is 5.75 Å². The average molecular weight is 481 g/mol. The molecule has 34 heavy (non-hydrogen) atoms. The number of rotatable bonds is 5. The molecule has 1 atom stereocenters. The van der Waals surface area contributed by atoms with E-state index in [1.807, 2.05) is 43.3 Å². The third-order valence-electron chi connectivity index (χ3n) is 6.24. The number of hydrogen-bond donors (Lipinski definition) is 1. The van der Waals surface area contributed by atoms with Gasteiger partial charge in [0.2, 0.25) is 11.8 Å². The third kappa shape index (κ3) is 3.83. The number of nitrogens with one attached hydrogen (secondary N) is 1. The smallest absolute Gasteiger partial charge is 0.230 e. The number of para-hydroxylation sites is 3. The van der Waals surface area contributed by atoms with Crippen molar-refractivity contribution in [3.8, 4) is 11.4 Å². The summed E-state index contributed by atoms with van der Waals surface area (Å²) in [5, 5.41) is 7.43.